The van der Waals surface area contributed by atoms with Gasteiger partial charge in [-0.1, -0.05) is 18.2 Å². The molecule has 6 heteroatoms. The van der Waals surface area contributed by atoms with Crippen LogP contribution in [0.5, 0.6) is 0 Å². The van der Waals surface area contributed by atoms with Gasteiger partial charge in [0.15, 0.2) is 0 Å². The van der Waals surface area contributed by atoms with Gasteiger partial charge in [-0.3, -0.25) is 4.79 Å². The molecule has 0 saturated heterocycles. The highest BCUT2D eigenvalue weighted by Crippen LogP contribution is 2.22. The molecule has 0 aliphatic rings. The summed E-state index contributed by atoms with van der Waals surface area (Å²) in [5.74, 6) is -0.357. The molecule has 0 saturated carbocycles. The second-order valence-corrected chi connectivity index (χ2v) is 6.11. The highest BCUT2D eigenvalue weighted by Gasteiger charge is 2.05. The molecular formula is C17H20N2O3S. The molecular weight excluding hydrogens is 312 g/mol. The van der Waals surface area contributed by atoms with Crippen molar-refractivity contribution in [2.24, 2.45) is 0 Å². The van der Waals surface area contributed by atoms with Gasteiger partial charge in [-0.2, -0.15) is 0 Å². The monoisotopic (exact) mass is 332 g/mol. The smallest absolute Gasteiger partial charge is 0.330 e. The van der Waals surface area contributed by atoms with Crippen LogP contribution in [0.2, 0.25) is 0 Å². The zero-order valence-electron chi connectivity index (χ0n) is 13.1. The largest absolute Gasteiger partial charge is 0.466 e. The van der Waals surface area contributed by atoms with E-state index in [1.807, 2.05) is 18.2 Å². The number of fused-ring (bicyclic) bond motifs is 1. The van der Waals surface area contributed by atoms with Crippen molar-refractivity contribution in [3.8, 4) is 0 Å². The summed E-state index contributed by atoms with van der Waals surface area (Å²) < 4.78 is 5.66. The summed E-state index contributed by atoms with van der Waals surface area (Å²) in [6.07, 6.45) is 5.74. The minimum absolute atomic E-state index is 0.0255. The lowest BCUT2D eigenvalue weighted by atomic mass is 10.2. The molecule has 2 aromatic rings. The van der Waals surface area contributed by atoms with Crippen LogP contribution in [0.25, 0.3) is 10.2 Å². The summed E-state index contributed by atoms with van der Waals surface area (Å²) in [7, 11) is 1.33. The molecule has 5 nitrogen and oxygen atoms in total. The van der Waals surface area contributed by atoms with E-state index < -0.39 is 0 Å². The maximum atomic E-state index is 11.7. The number of rotatable bonds is 8. The number of amides is 1. The van der Waals surface area contributed by atoms with E-state index in [0.29, 0.717) is 19.4 Å². The van der Waals surface area contributed by atoms with E-state index in [9.17, 15) is 9.59 Å². The Morgan fingerprint density at radius 2 is 2.17 bits per heavy atom. The second kappa shape index (κ2) is 9.05. The summed E-state index contributed by atoms with van der Waals surface area (Å²) in [5, 5.41) is 3.90. The van der Waals surface area contributed by atoms with Gasteiger partial charge in [-0.05, 0) is 31.4 Å². The Morgan fingerprint density at radius 1 is 1.35 bits per heavy atom. The maximum absolute atomic E-state index is 11.7. The van der Waals surface area contributed by atoms with Gasteiger partial charge in [0.2, 0.25) is 5.91 Å². The van der Waals surface area contributed by atoms with Crippen molar-refractivity contribution < 1.29 is 14.3 Å². The first-order valence-electron chi connectivity index (χ1n) is 7.54. The van der Waals surface area contributed by atoms with Gasteiger partial charge in [-0.25, -0.2) is 9.78 Å². The number of carbonyl (C=O) groups excluding carboxylic acids is 2. The number of esters is 1. The molecule has 0 radical (unpaired) electrons. The van der Waals surface area contributed by atoms with Gasteiger partial charge >= 0.3 is 5.97 Å². The number of nitrogens with one attached hydrogen (secondary N) is 1. The summed E-state index contributed by atoms with van der Waals surface area (Å²) >= 11 is 1.68. The van der Waals surface area contributed by atoms with Crippen molar-refractivity contribution in [3.63, 3.8) is 0 Å². The Hall–Kier alpha value is -2.21. The fourth-order valence-electron chi connectivity index (χ4n) is 2.06. The number of carbonyl (C=O) groups is 2. The summed E-state index contributed by atoms with van der Waals surface area (Å²) in [4.78, 5) is 27.1. The van der Waals surface area contributed by atoms with E-state index in [1.165, 1.54) is 17.9 Å². The normalized spacial score (nSPS) is 11.0. The van der Waals surface area contributed by atoms with Gasteiger partial charge in [0.05, 0.1) is 22.3 Å². The quantitative estimate of drug-likeness (QED) is 0.458. The van der Waals surface area contributed by atoms with Crippen LogP contribution in [0, 0.1) is 0 Å². The number of aromatic nitrogens is 1. The molecule has 0 aliphatic carbocycles. The van der Waals surface area contributed by atoms with E-state index in [4.69, 9.17) is 0 Å². The SMILES string of the molecule is COC(=O)/C=C/CCNC(=O)CCCc1nc2ccccc2s1. The van der Waals surface area contributed by atoms with E-state index in [-0.39, 0.29) is 11.9 Å². The number of hydrogen-bond donors (Lipinski definition) is 1. The molecule has 0 bridgehead atoms. The van der Waals surface area contributed by atoms with Gasteiger partial charge in [-0.15, -0.1) is 11.3 Å². The minimum Gasteiger partial charge on any atom is -0.466 e. The van der Waals surface area contributed by atoms with Crippen LogP contribution in [0.15, 0.2) is 36.4 Å². The first-order valence-corrected chi connectivity index (χ1v) is 8.36. The van der Waals surface area contributed by atoms with Crippen molar-refractivity contribution in [1.29, 1.82) is 0 Å². The van der Waals surface area contributed by atoms with Crippen LogP contribution in [0.3, 0.4) is 0 Å². The third kappa shape index (κ3) is 5.83. The lowest BCUT2D eigenvalue weighted by Crippen LogP contribution is -2.23. The Balaban J connectivity index is 1.63. The van der Waals surface area contributed by atoms with Gasteiger partial charge in [0, 0.05) is 19.0 Å². The molecule has 1 amide bonds. The summed E-state index contributed by atoms with van der Waals surface area (Å²) in [5.41, 5.74) is 1.02. The molecule has 0 aliphatic heterocycles. The zero-order valence-corrected chi connectivity index (χ0v) is 13.9. The number of aryl methyl sites for hydroxylation is 1. The van der Waals surface area contributed by atoms with Crippen molar-refractivity contribution in [3.05, 3.63) is 41.4 Å². The average molecular weight is 332 g/mol. The Morgan fingerprint density at radius 3 is 2.96 bits per heavy atom. The van der Waals surface area contributed by atoms with Gasteiger partial charge < -0.3 is 10.1 Å². The Labute approximate surface area is 139 Å². The van der Waals surface area contributed by atoms with Crippen LogP contribution in [-0.4, -0.2) is 30.5 Å². The van der Waals surface area contributed by atoms with E-state index in [2.05, 4.69) is 21.1 Å². The highest BCUT2D eigenvalue weighted by molar-refractivity contribution is 7.18. The molecule has 1 aromatic carbocycles. The van der Waals surface area contributed by atoms with Crippen LogP contribution in [0.4, 0.5) is 0 Å². The van der Waals surface area contributed by atoms with E-state index in [0.717, 1.165) is 23.4 Å². The first kappa shape index (κ1) is 17.1. The topological polar surface area (TPSA) is 68.3 Å². The van der Waals surface area contributed by atoms with Gasteiger partial charge in [0.25, 0.3) is 0 Å². The van der Waals surface area contributed by atoms with E-state index >= 15 is 0 Å². The molecule has 122 valence electrons. The minimum atomic E-state index is -0.382. The molecule has 1 aromatic heterocycles. The Bertz CT molecular complexity index is 661. The number of nitrogens with zero attached hydrogens (tertiary/aromatic N) is 1. The molecule has 0 fully saturated rings. The third-order valence-electron chi connectivity index (χ3n) is 3.22. The second-order valence-electron chi connectivity index (χ2n) is 4.99. The van der Waals surface area contributed by atoms with Crippen molar-refractivity contribution in [1.82, 2.24) is 10.3 Å². The lowest BCUT2D eigenvalue weighted by Gasteiger charge is -2.02. The fourth-order valence-corrected chi connectivity index (χ4v) is 3.07. The molecule has 23 heavy (non-hydrogen) atoms. The van der Waals surface area contributed by atoms with Crippen molar-refractivity contribution >= 4 is 33.4 Å². The number of benzene rings is 1. The Kier molecular flexibility index (Phi) is 6.75. The molecule has 0 spiro atoms. The van der Waals surface area contributed by atoms with Crippen LogP contribution in [-0.2, 0) is 20.7 Å². The molecule has 0 atom stereocenters. The number of para-hydroxylation sites is 1. The van der Waals surface area contributed by atoms with Crippen molar-refractivity contribution in [2.75, 3.05) is 13.7 Å². The predicted octanol–water partition coefficient (Wildman–Crippen LogP) is 2.85. The van der Waals surface area contributed by atoms with Gasteiger partial charge in [0.1, 0.15) is 0 Å². The summed E-state index contributed by atoms with van der Waals surface area (Å²) in [6, 6.07) is 8.05. The third-order valence-corrected chi connectivity index (χ3v) is 4.32. The molecule has 1 N–H and O–H groups in total. The highest BCUT2D eigenvalue weighted by atomic mass is 32.1. The van der Waals surface area contributed by atoms with Crippen LogP contribution in [0.1, 0.15) is 24.3 Å². The number of hydrogen-bond acceptors (Lipinski definition) is 5. The average Bonchev–Trinajstić information content (AvgIpc) is 2.97. The summed E-state index contributed by atoms with van der Waals surface area (Å²) in [6.45, 7) is 0.521. The predicted molar refractivity (Wildman–Crippen MR) is 91.3 cm³/mol. The zero-order chi connectivity index (χ0) is 16.5. The fraction of sp³-hybridized carbons (Fsp3) is 0.353. The molecule has 1 heterocycles. The number of thiazole rings is 1. The molecule has 0 unspecified atom stereocenters. The van der Waals surface area contributed by atoms with Crippen LogP contribution >= 0.6 is 11.3 Å². The lowest BCUT2D eigenvalue weighted by molar-refractivity contribution is -0.134. The maximum Gasteiger partial charge on any atom is 0.330 e. The van der Waals surface area contributed by atoms with E-state index in [1.54, 1.807) is 17.4 Å². The standard InChI is InChI=1S/C17H20N2O3S/c1-22-17(21)11-4-5-12-18-15(20)9-6-10-16-19-13-7-2-3-8-14(13)23-16/h2-4,7-8,11H,5-6,9-10,12H2,1H3,(H,18,20)/b11-4+. The molecule has 2 rings (SSSR count). The number of methoxy groups -OCH3 is 1. The number of ether oxygens (including phenoxy) is 1. The van der Waals surface area contributed by atoms with Crippen LogP contribution < -0.4 is 5.32 Å². The first-order chi connectivity index (χ1) is 11.2. The van der Waals surface area contributed by atoms with Crippen molar-refractivity contribution in [2.45, 2.75) is 25.7 Å².